The minimum Gasteiger partial charge on any atom is -0.497 e. The van der Waals surface area contributed by atoms with E-state index in [9.17, 15) is 18.0 Å². The van der Waals surface area contributed by atoms with Gasteiger partial charge in [-0.15, -0.1) is 10.2 Å². The molecular weight excluding hydrogens is 527 g/mol. The SMILES string of the molecule is COc1ccc(C2CC(c3ccccc3)=NN2C(=O)CSc2nnc3c(Cl)cc(C(F)(F)F)cn23)cc1. The van der Waals surface area contributed by atoms with Crippen LogP contribution < -0.4 is 4.74 Å². The van der Waals surface area contributed by atoms with Crippen molar-refractivity contribution in [2.45, 2.75) is 23.8 Å². The van der Waals surface area contributed by atoms with Gasteiger partial charge in [-0.25, -0.2) is 5.01 Å². The molecule has 5 rings (SSSR count). The van der Waals surface area contributed by atoms with Crippen molar-refractivity contribution >= 4 is 40.6 Å². The normalized spacial score (nSPS) is 15.8. The Morgan fingerprint density at radius 1 is 1.14 bits per heavy atom. The summed E-state index contributed by atoms with van der Waals surface area (Å²) >= 11 is 6.96. The van der Waals surface area contributed by atoms with Gasteiger partial charge in [-0.05, 0) is 29.3 Å². The maximum Gasteiger partial charge on any atom is 0.417 e. The van der Waals surface area contributed by atoms with Gasteiger partial charge in [0.25, 0.3) is 5.91 Å². The molecule has 0 bridgehead atoms. The number of hydrazone groups is 1. The third kappa shape index (κ3) is 5.14. The molecule has 1 amide bonds. The highest BCUT2D eigenvalue weighted by Gasteiger charge is 2.34. The van der Waals surface area contributed by atoms with Gasteiger partial charge in [-0.2, -0.15) is 18.3 Å². The van der Waals surface area contributed by atoms with Gasteiger partial charge in [0.2, 0.25) is 0 Å². The fraction of sp³-hybridized carbons (Fsp3) is 0.200. The van der Waals surface area contributed by atoms with Crippen LogP contribution in [0.15, 0.2) is 77.1 Å². The molecule has 0 saturated heterocycles. The van der Waals surface area contributed by atoms with E-state index in [0.717, 1.165) is 45.3 Å². The van der Waals surface area contributed by atoms with Crippen LogP contribution in [0, 0.1) is 0 Å². The summed E-state index contributed by atoms with van der Waals surface area (Å²) < 4.78 is 46.2. The molecule has 4 aromatic rings. The quantitative estimate of drug-likeness (QED) is 0.283. The molecule has 3 heterocycles. The molecule has 12 heteroatoms. The van der Waals surface area contributed by atoms with E-state index >= 15 is 0 Å². The zero-order valence-corrected chi connectivity index (χ0v) is 20.9. The monoisotopic (exact) mass is 545 g/mol. The molecule has 0 aliphatic carbocycles. The minimum atomic E-state index is -4.59. The van der Waals surface area contributed by atoms with Crippen molar-refractivity contribution in [1.29, 1.82) is 0 Å². The van der Waals surface area contributed by atoms with Crippen LogP contribution in [0.5, 0.6) is 5.75 Å². The smallest absolute Gasteiger partial charge is 0.417 e. The third-order valence-corrected chi connectivity index (χ3v) is 7.06. The summed E-state index contributed by atoms with van der Waals surface area (Å²) in [5.74, 6) is 0.244. The Kier molecular flexibility index (Phi) is 6.82. The zero-order chi connectivity index (χ0) is 26.2. The van der Waals surface area contributed by atoms with Crippen molar-refractivity contribution < 1.29 is 22.7 Å². The number of pyridine rings is 1. The number of thioether (sulfide) groups is 1. The van der Waals surface area contributed by atoms with Crippen molar-refractivity contribution in [3.63, 3.8) is 0 Å². The Labute approximate surface area is 218 Å². The maximum atomic E-state index is 13.4. The average molecular weight is 546 g/mol. The van der Waals surface area contributed by atoms with E-state index in [1.165, 1.54) is 5.01 Å². The van der Waals surface area contributed by atoms with Crippen molar-refractivity contribution in [1.82, 2.24) is 19.6 Å². The van der Waals surface area contributed by atoms with Crippen LogP contribution in [0.1, 0.15) is 29.2 Å². The number of fused-ring (bicyclic) bond motifs is 1. The van der Waals surface area contributed by atoms with E-state index in [1.807, 2.05) is 54.6 Å². The van der Waals surface area contributed by atoms with E-state index < -0.39 is 11.7 Å². The first-order valence-corrected chi connectivity index (χ1v) is 12.4. The lowest BCUT2D eigenvalue weighted by Crippen LogP contribution is -2.28. The second-order valence-electron chi connectivity index (χ2n) is 8.18. The molecule has 37 heavy (non-hydrogen) atoms. The number of ether oxygens (including phenoxy) is 1. The maximum absolute atomic E-state index is 13.4. The first-order valence-electron chi connectivity index (χ1n) is 11.1. The highest BCUT2D eigenvalue weighted by atomic mass is 35.5. The molecule has 1 aliphatic rings. The molecule has 190 valence electrons. The van der Waals surface area contributed by atoms with Crippen LogP contribution in [0.25, 0.3) is 5.65 Å². The number of rotatable bonds is 6. The molecule has 0 radical (unpaired) electrons. The molecule has 2 aromatic heterocycles. The molecule has 0 N–H and O–H groups in total. The van der Waals surface area contributed by atoms with E-state index in [1.54, 1.807) is 7.11 Å². The first kappa shape index (κ1) is 25.1. The van der Waals surface area contributed by atoms with Gasteiger partial charge in [-0.3, -0.25) is 9.20 Å². The predicted molar refractivity (Wildman–Crippen MR) is 134 cm³/mol. The van der Waals surface area contributed by atoms with Crippen LogP contribution >= 0.6 is 23.4 Å². The number of amides is 1. The molecule has 7 nitrogen and oxygen atoms in total. The molecular formula is C25H19ClF3N5O2S. The van der Waals surface area contributed by atoms with Crippen molar-refractivity contribution in [2.24, 2.45) is 5.10 Å². The highest BCUT2D eigenvalue weighted by Crippen LogP contribution is 2.36. The number of methoxy groups -OCH3 is 1. The molecule has 2 aromatic carbocycles. The fourth-order valence-corrected chi connectivity index (χ4v) is 5.02. The van der Waals surface area contributed by atoms with E-state index in [2.05, 4.69) is 15.3 Å². The van der Waals surface area contributed by atoms with Crippen molar-refractivity contribution in [2.75, 3.05) is 12.9 Å². The first-order chi connectivity index (χ1) is 17.7. The number of carbonyl (C=O) groups excluding carboxylic acids is 1. The summed E-state index contributed by atoms with van der Waals surface area (Å²) in [5, 5.41) is 13.8. The zero-order valence-electron chi connectivity index (χ0n) is 19.3. The Morgan fingerprint density at radius 3 is 2.54 bits per heavy atom. The number of hydrogen-bond acceptors (Lipinski definition) is 6. The minimum absolute atomic E-state index is 0.0753. The topological polar surface area (TPSA) is 72.1 Å². The Bertz CT molecular complexity index is 1480. The van der Waals surface area contributed by atoms with Crippen molar-refractivity contribution in [3.05, 3.63) is 88.6 Å². The lowest BCUT2D eigenvalue weighted by Gasteiger charge is -2.22. The molecule has 1 aliphatic heterocycles. The fourth-order valence-electron chi connectivity index (χ4n) is 4.01. The van der Waals surface area contributed by atoms with Gasteiger partial charge in [-0.1, -0.05) is 65.8 Å². The number of hydrogen-bond donors (Lipinski definition) is 0. The summed E-state index contributed by atoms with van der Waals surface area (Å²) in [4.78, 5) is 13.4. The number of benzene rings is 2. The van der Waals surface area contributed by atoms with Gasteiger partial charge in [0.05, 0.1) is 35.2 Å². The summed E-state index contributed by atoms with van der Waals surface area (Å²) in [7, 11) is 1.58. The van der Waals surface area contributed by atoms with Gasteiger partial charge in [0.1, 0.15) is 5.75 Å². The van der Waals surface area contributed by atoms with E-state index in [0.29, 0.717) is 12.2 Å². The summed E-state index contributed by atoms with van der Waals surface area (Å²) in [6.45, 7) is 0. The van der Waals surface area contributed by atoms with E-state index in [4.69, 9.17) is 16.3 Å². The van der Waals surface area contributed by atoms with E-state index in [-0.39, 0.29) is 33.5 Å². The Morgan fingerprint density at radius 2 is 1.86 bits per heavy atom. The Hall–Kier alpha value is -3.57. The van der Waals surface area contributed by atoms with Gasteiger partial charge < -0.3 is 4.74 Å². The second-order valence-corrected chi connectivity index (χ2v) is 9.53. The lowest BCUT2D eigenvalue weighted by molar-refractivity contribution is -0.138. The number of nitrogens with zero attached hydrogens (tertiary/aromatic N) is 5. The van der Waals surface area contributed by atoms with Crippen LogP contribution in [-0.2, 0) is 11.0 Å². The standard InChI is InChI=1S/C25H19ClF3N5O2S/c1-36-18-9-7-16(8-10-18)21-12-20(15-5-3-2-4-6-15)32-34(21)22(35)14-37-24-31-30-23-19(26)11-17(13-33(23)24)25(27,28)29/h2-11,13,21H,12,14H2,1H3. The van der Waals surface area contributed by atoms with Crippen LogP contribution in [0.2, 0.25) is 5.02 Å². The molecule has 0 fully saturated rings. The third-order valence-electron chi connectivity index (χ3n) is 5.85. The average Bonchev–Trinajstić information content (AvgIpc) is 3.53. The second kappa shape index (κ2) is 10.1. The molecule has 1 unspecified atom stereocenters. The van der Waals surface area contributed by atoms with Crippen LogP contribution in [0.4, 0.5) is 13.2 Å². The molecule has 0 spiro atoms. The van der Waals surface area contributed by atoms with Crippen molar-refractivity contribution in [3.8, 4) is 5.75 Å². The number of carbonyl (C=O) groups is 1. The summed E-state index contributed by atoms with van der Waals surface area (Å²) in [6.07, 6.45) is -3.22. The van der Waals surface area contributed by atoms with Crippen LogP contribution in [0.3, 0.4) is 0 Å². The predicted octanol–water partition coefficient (Wildman–Crippen LogP) is 5.88. The summed E-state index contributed by atoms with van der Waals surface area (Å²) in [6, 6.07) is 17.4. The number of alkyl halides is 3. The summed E-state index contributed by atoms with van der Waals surface area (Å²) in [5.41, 5.74) is 1.68. The van der Waals surface area contributed by atoms with Gasteiger partial charge in [0, 0.05) is 12.6 Å². The lowest BCUT2D eigenvalue weighted by atomic mass is 9.98. The largest absolute Gasteiger partial charge is 0.497 e. The van der Waals surface area contributed by atoms with Gasteiger partial charge in [0.15, 0.2) is 10.8 Å². The van der Waals surface area contributed by atoms with Gasteiger partial charge >= 0.3 is 6.18 Å². The Balaban J connectivity index is 1.41. The molecule has 1 atom stereocenters. The number of aromatic nitrogens is 3. The number of halogens is 4. The highest BCUT2D eigenvalue weighted by molar-refractivity contribution is 7.99. The van der Waals surface area contributed by atoms with Crippen LogP contribution in [-0.4, -0.2) is 44.1 Å². The molecule has 0 saturated carbocycles.